The zero-order valence-electron chi connectivity index (χ0n) is 12.8. The predicted molar refractivity (Wildman–Crippen MR) is 100 cm³/mol. The third kappa shape index (κ3) is 3.83. The number of halogens is 3. The summed E-state index contributed by atoms with van der Waals surface area (Å²) in [4.78, 5) is 22.6. The number of hydrogen-bond donors (Lipinski definition) is 1. The fourth-order valence-corrected chi connectivity index (χ4v) is 2.78. The number of amides is 1. The highest BCUT2D eigenvalue weighted by atomic mass is 35.5. The number of nitrogens with zero attached hydrogens (tertiary/aromatic N) is 1. The Kier molecular flexibility index (Phi) is 5.18. The minimum absolute atomic E-state index is 0.00800. The number of rotatable bonds is 4. The summed E-state index contributed by atoms with van der Waals surface area (Å²) in [7, 11) is 0. The van der Waals surface area contributed by atoms with Crippen molar-refractivity contribution in [3.8, 4) is 11.3 Å². The Morgan fingerprint density at radius 1 is 1.00 bits per heavy atom. The molecule has 3 aromatic rings. The SMILES string of the molecule is O=C(Nc1ccc(Cl)c([N+](=O)[O-])c1)c1ccc(-c2cc(Cl)ccc2Cl)o1. The molecule has 0 atom stereocenters. The molecule has 0 fully saturated rings. The van der Waals surface area contributed by atoms with E-state index in [-0.39, 0.29) is 22.2 Å². The van der Waals surface area contributed by atoms with Gasteiger partial charge in [0.2, 0.25) is 0 Å². The van der Waals surface area contributed by atoms with Crippen molar-refractivity contribution in [2.75, 3.05) is 5.32 Å². The van der Waals surface area contributed by atoms with E-state index >= 15 is 0 Å². The van der Waals surface area contributed by atoms with Crippen molar-refractivity contribution in [2.24, 2.45) is 0 Å². The average Bonchev–Trinajstić information content (AvgIpc) is 3.08. The minimum atomic E-state index is -0.635. The molecule has 26 heavy (non-hydrogen) atoms. The molecule has 0 unspecified atom stereocenters. The molecule has 1 amide bonds. The summed E-state index contributed by atoms with van der Waals surface area (Å²) in [6.07, 6.45) is 0. The molecular formula is C17H9Cl3N2O4. The third-order valence-corrected chi connectivity index (χ3v) is 4.31. The second-order valence-corrected chi connectivity index (χ2v) is 6.42. The van der Waals surface area contributed by atoms with Crippen molar-refractivity contribution < 1.29 is 14.1 Å². The number of carbonyl (C=O) groups excluding carboxylic acids is 1. The van der Waals surface area contributed by atoms with Gasteiger partial charge in [-0.2, -0.15) is 0 Å². The van der Waals surface area contributed by atoms with Crippen molar-refractivity contribution in [1.29, 1.82) is 0 Å². The molecule has 0 bridgehead atoms. The summed E-state index contributed by atoms with van der Waals surface area (Å²) in [6, 6.07) is 11.9. The smallest absolute Gasteiger partial charge is 0.291 e. The van der Waals surface area contributed by atoms with Crippen LogP contribution in [0.5, 0.6) is 0 Å². The quantitative estimate of drug-likeness (QED) is 0.417. The Balaban J connectivity index is 1.84. The van der Waals surface area contributed by atoms with Crippen molar-refractivity contribution >= 4 is 52.1 Å². The lowest BCUT2D eigenvalue weighted by molar-refractivity contribution is -0.384. The molecule has 3 rings (SSSR count). The van der Waals surface area contributed by atoms with E-state index in [1.54, 1.807) is 24.3 Å². The maximum absolute atomic E-state index is 12.3. The molecule has 1 heterocycles. The Labute approximate surface area is 162 Å². The normalized spacial score (nSPS) is 10.6. The highest BCUT2D eigenvalue weighted by Crippen LogP contribution is 2.32. The summed E-state index contributed by atoms with van der Waals surface area (Å²) in [5.41, 5.74) is 0.445. The van der Waals surface area contributed by atoms with Crippen LogP contribution in [0.2, 0.25) is 15.1 Å². The Bertz CT molecular complexity index is 1020. The summed E-state index contributed by atoms with van der Waals surface area (Å²) in [5, 5.41) is 14.3. The van der Waals surface area contributed by atoms with Crippen LogP contribution in [0.1, 0.15) is 10.6 Å². The van der Waals surface area contributed by atoms with Crippen LogP contribution in [0.25, 0.3) is 11.3 Å². The minimum Gasteiger partial charge on any atom is -0.451 e. The first kappa shape index (κ1) is 18.3. The summed E-state index contributed by atoms with van der Waals surface area (Å²) in [6.45, 7) is 0. The van der Waals surface area contributed by atoms with E-state index in [1.807, 2.05) is 0 Å². The molecule has 6 nitrogen and oxygen atoms in total. The first-order valence-corrected chi connectivity index (χ1v) is 8.29. The van der Waals surface area contributed by atoms with Gasteiger partial charge in [-0.3, -0.25) is 14.9 Å². The number of carbonyl (C=O) groups is 1. The Morgan fingerprint density at radius 2 is 1.73 bits per heavy atom. The van der Waals surface area contributed by atoms with Gasteiger partial charge >= 0.3 is 0 Å². The van der Waals surface area contributed by atoms with Crippen LogP contribution in [-0.2, 0) is 0 Å². The molecular weight excluding hydrogens is 403 g/mol. The number of furan rings is 1. The number of nitro groups is 1. The topological polar surface area (TPSA) is 85.4 Å². The molecule has 1 N–H and O–H groups in total. The van der Waals surface area contributed by atoms with Crippen molar-refractivity contribution in [3.05, 3.63) is 79.5 Å². The van der Waals surface area contributed by atoms with Gasteiger partial charge in [-0.25, -0.2) is 0 Å². The standard InChI is InChI=1S/C17H9Cl3N2O4/c18-9-1-3-12(19)11(7-9)15-5-6-16(26-15)17(23)21-10-2-4-13(20)14(8-10)22(24)25/h1-8H,(H,21,23). The molecule has 0 saturated heterocycles. The van der Waals surface area contributed by atoms with E-state index in [0.29, 0.717) is 21.4 Å². The monoisotopic (exact) mass is 410 g/mol. The van der Waals surface area contributed by atoms with E-state index in [1.165, 1.54) is 18.2 Å². The molecule has 0 spiro atoms. The summed E-state index contributed by atoms with van der Waals surface area (Å²) < 4.78 is 5.53. The van der Waals surface area contributed by atoms with Crippen LogP contribution in [0.15, 0.2) is 52.9 Å². The Morgan fingerprint density at radius 3 is 2.46 bits per heavy atom. The summed E-state index contributed by atoms with van der Waals surface area (Å²) in [5.74, 6) is -0.204. The van der Waals surface area contributed by atoms with Crippen LogP contribution in [0.3, 0.4) is 0 Å². The van der Waals surface area contributed by atoms with E-state index in [9.17, 15) is 14.9 Å². The van der Waals surface area contributed by atoms with E-state index in [2.05, 4.69) is 5.32 Å². The zero-order valence-corrected chi connectivity index (χ0v) is 15.1. The molecule has 9 heteroatoms. The van der Waals surface area contributed by atoms with Crippen molar-refractivity contribution in [3.63, 3.8) is 0 Å². The second-order valence-electron chi connectivity index (χ2n) is 5.17. The second kappa shape index (κ2) is 7.37. The van der Waals surface area contributed by atoms with Crippen LogP contribution >= 0.6 is 34.8 Å². The first-order valence-electron chi connectivity index (χ1n) is 7.15. The number of hydrogen-bond acceptors (Lipinski definition) is 4. The molecule has 1 aromatic heterocycles. The van der Waals surface area contributed by atoms with Gasteiger partial charge in [0.15, 0.2) is 5.76 Å². The van der Waals surface area contributed by atoms with Gasteiger partial charge in [-0.1, -0.05) is 34.8 Å². The summed E-state index contributed by atoms with van der Waals surface area (Å²) >= 11 is 17.8. The number of benzene rings is 2. The van der Waals surface area contributed by atoms with Gasteiger partial charge < -0.3 is 9.73 Å². The molecule has 0 aliphatic rings. The van der Waals surface area contributed by atoms with E-state index in [4.69, 9.17) is 39.2 Å². The highest BCUT2D eigenvalue weighted by molar-refractivity contribution is 6.35. The fourth-order valence-electron chi connectivity index (χ4n) is 2.21. The molecule has 0 aliphatic carbocycles. The predicted octanol–water partition coefficient (Wildman–Crippen LogP) is 6.07. The molecule has 0 aliphatic heterocycles. The van der Waals surface area contributed by atoms with Crippen LogP contribution in [0, 0.1) is 10.1 Å². The van der Waals surface area contributed by atoms with E-state index in [0.717, 1.165) is 6.07 Å². The molecule has 2 aromatic carbocycles. The van der Waals surface area contributed by atoms with Crippen molar-refractivity contribution in [1.82, 2.24) is 0 Å². The van der Waals surface area contributed by atoms with Crippen LogP contribution in [-0.4, -0.2) is 10.8 Å². The number of nitrogens with one attached hydrogen (secondary N) is 1. The maximum Gasteiger partial charge on any atom is 0.291 e. The zero-order chi connectivity index (χ0) is 18.8. The van der Waals surface area contributed by atoms with E-state index < -0.39 is 10.8 Å². The van der Waals surface area contributed by atoms with Crippen LogP contribution in [0.4, 0.5) is 11.4 Å². The van der Waals surface area contributed by atoms with Crippen LogP contribution < -0.4 is 5.32 Å². The molecule has 0 radical (unpaired) electrons. The van der Waals surface area contributed by atoms with Gasteiger partial charge in [-0.15, -0.1) is 0 Å². The number of nitro benzene ring substituents is 1. The maximum atomic E-state index is 12.3. The molecule has 0 saturated carbocycles. The van der Waals surface area contributed by atoms with Gasteiger partial charge in [0.25, 0.3) is 11.6 Å². The Hall–Kier alpha value is -2.54. The van der Waals surface area contributed by atoms with Gasteiger partial charge in [0.1, 0.15) is 10.8 Å². The van der Waals surface area contributed by atoms with Gasteiger partial charge in [0.05, 0.1) is 9.95 Å². The van der Waals surface area contributed by atoms with Gasteiger partial charge in [0, 0.05) is 22.3 Å². The highest BCUT2D eigenvalue weighted by Gasteiger charge is 2.17. The largest absolute Gasteiger partial charge is 0.451 e. The third-order valence-electron chi connectivity index (χ3n) is 3.42. The van der Waals surface area contributed by atoms with Gasteiger partial charge in [-0.05, 0) is 42.5 Å². The lowest BCUT2D eigenvalue weighted by atomic mass is 10.2. The van der Waals surface area contributed by atoms with Crippen molar-refractivity contribution in [2.45, 2.75) is 0 Å². The first-order chi connectivity index (χ1) is 12.3. The number of anilines is 1. The fraction of sp³-hybridized carbons (Fsp3) is 0. The lowest BCUT2D eigenvalue weighted by Crippen LogP contribution is -2.11. The molecule has 132 valence electrons. The lowest BCUT2D eigenvalue weighted by Gasteiger charge is -2.04. The average molecular weight is 412 g/mol.